The third-order valence-corrected chi connectivity index (χ3v) is 3.86. The molecule has 0 aromatic heterocycles. The third-order valence-electron chi connectivity index (χ3n) is 3.86. The van der Waals surface area contributed by atoms with Crippen molar-refractivity contribution in [3.63, 3.8) is 0 Å². The van der Waals surface area contributed by atoms with Crippen molar-refractivity contribution in [1.82, 2.24) is 0 Å². The SMILES string of the molecule is CC1(C)c2ccccc2Oc2ccc(B(O)N=O)cc21. The van der Waals surface area contributed by atoms with Gasteiger partial charge in [0, 0.05) is 16.5 Å². The van der Waals surface area contributed by atoms with E-state index in [1.54, 1.807) is 18.2 Å². The van der Waals surface area contributed by atoms with Crippen molar-refractivity contribution >= 4 is 12.5 Å². The Kier molecular flexibility index (Phi) is 2.87. The first kappa shape index (κ1) is 12.9. The number of fused-ring (bicyclic) bond motifs is 2. The van der Waals surface area contributed by atoms with Crippen LogP contribution in [0.1, 0.15) is 25.0 Å². The Morgan fingerprint density at radius 1 is 1.10 bits per heavy atom. The van der Waals surface area contributed by atoms with Gasteiger partial charge in [0.25, 0.3) is 0 Å². The molecule has 1 aliphatic heterocycles. The van der Waals surface area contributed by atoms with Crippen LogP contribution >= 0.6 is 0 Å². The van der Waals surface area contributed by atoms with Gasteiger partial charge >= 0.3 is 7.05 Å². The van der Waals surface area contributed by atoms with Crippen LogP contribution in [0.4, 0.5) is 0 Å². The fourth-order valence-corrected chi connectivity index (χ4v) is 2.68. The van der Waals surface area contributed by atoms with Gasteiger partial charge in [-0.3, -0.25) is 0 Å². The van der Waals surface area contributed by atoms with Gasteiger partial charge in [0.2, 0.25) is 0 Å². The zero-order valence-corrected chi connectivity index (χ0v) is 11.3. The molecule has 3 rings (SSSR count). The van der Waals surface area contributed by atoms with Crippen LogP contribution in [-0.2, 0) is 5.41 Å². The molecule has 100 valence electrons. The van der Waals surface area contributed by atoms with Crippen LogP contribution in [0, 0.1) is 4.91 Å². The molecule has 0 bridgehead atoms. The average Bonchev–Trinajstić information content (AvgIpc) is 2.46. The highest BCUT2D eigenvalue weighted by molar-refractivity contribution is 6.64. The molecule has 0 unspecified atom stereocenters. The Morgan fingerprint density at radius 3 is 2.55 bits per heavy atom. The first-order valence-corrected chi connectivity index (χ1v) is 6.46. The second kappa shape index (κ2) is 4.46. The molecule has 0 amide bonds. The number of benzene rings is 2. The molecule has 5 heteroatoms. The molecule has 0 fully saturated rings. The van der Waals surface area contributed by atoms with E-state index in [-0.39, 0.29) is 5.41 Å². The first-order chi connectivity index (χ1) is 9.54. The summed E-state index contributed by atoms with van der Waals surface area (Å²) in [5.41, 5.74) is 2.24. The van der Waals surface area contributed by atoms with Gasteiger partial charge in [0.1, 0.15) is 11.5 Å². The topological polar surface area (TPSA) is 58.9 Å². The van der Waals surface area contributed by atoms with Gasteiger partial charge in [-0.1, -0.05) is 49.3 Å². The van der Waals surface area contributed by atoms with Gasteiger partial charge in [0.15, 0.2) is 0 Å². The molecule has 0 aliphatic carbocycles. The molecule has 1 aliphatic rings. The highest BCUT2D eigenvalue weighted by Gasteiger charge is 2.34. The third kappa shape index (κ3) is 1.82. The van der Waals surface area contributed by atoms with Crippen molar-refractivity contribution in [2.75, 3.05) is 0 Å². The lowest BCUT2D eigenvalue weighted by Crippen LogP contribution is -2.31. The molecule has 1 heterocycles. The predicted molar refractivity (Wildman–Crippen MR) is 78.5 cm³/mol. The molecule has 4 nitrogen and oxygen atoms in total. The van der Waals surface area contributed by atoms with Gasteiger partial charge < -0.3 is 9.76 Å². The summed E-state index contributed by atoms with van der Waals surface area (Å²) in [6.45, 7) is 4.19. The van der Waals surface area contributed by atoms with Crippen molar-refractivity contribution in [3.05, 3.63) is 58.5 Å². The largest absolute Gasteiger partial charge is 0.517 e. The van der Waals surface area contributed by atoms with Crippen LogP contribution in [-0.4, -0.2) is 12.1 Å². The summed E-state index contributed by atoms with van der Waals surface area (Å²) in [7, 11) is -1.34. The lowest BCUT2D eigenvalue weighted by Gasteiger charge is -2.34. The summed E-state index contributed by atoms with van der Waals surface area (Å²) in [4.78, 5) is 10.5. The quantitative estimate of drug-likeness (QED) is 0.672. The number of ether oxygens (including phenoxy) is 1. The number of hydrogen-bond acceptors (Lipinski definition) is 4. The van der Waals surface area contributed by atoms with Crippen LogP contribution in [0.5, 0.6) is 11.5 Å². The molecule has 0 spiro atoms. The lowest BCUT2D eigenvalue weighted by molar-refractivity contribution is 0.418. The maximum atomic E-state index is 10.5. The summed E-state index contributed by atoms with van der Waals surface area (Å²) < 4.78 is 5.89. The summed E-state index contributed by atoms with van der Waals surface area (Å²) >= 11 is 0. The van der Waals surface area contributed by atoms with E-state index in [1.807, 2.05) is 24.3 Å². The number of para-hydroxylation sites is 1. The minimum atomic E-state index is -1.34. The Balaban J connectivity index is 2.17. The summed E-state index contributed by atoms with van der Waals surface area (Å²) in [5.74, 6) is 1.59. The molecule has 0 saturated heterocycles. The molecular weight excluding hydrogens is 253 g/mol. The highest BCUT2D eigenvalue weighted by Crippen LogP contribution is 2.47. The fourth-order valence-electron chi connectivity index (χ4n) is 2.68. The monoisotopic (exact) mass is 267 g/mol. The van der Waals surface area contributed by atoms with Gasteiger partial charge in [-0.05, 0) is 17.6 Å². The van der Waals surface area contributed by atoms with Gasteiger partial charge in [-0.2, -0.15) is 4.91 Å². The molecule has 0 saturated carbocycles. The molecular formula is C15H14BNO3. The Morgan fingerprint density at radius 2 is 1.80 bits per heavy atom. The standard InChI is InChI=1S/C15H14BNO3/c1-15(2)11-5-3-4-6-13(11)20-14-8-7-10(9-12(14)15)16(18)17-19/h3-9,18H,1-2H3. The van der Waals surface area contributed by atoms with Crippen LogP contribution in [0.2, 0.25) is 0 Å². The number of nitrogens with zero attached hydrogens (tertiary/aromatic N) is 1. The van der Waals surface area contributed by atoms with E-state index in [2.05, 4.69) is 18.9 Å². The van der Waals surface area contributed by atoms with E-state index >= 15 is 0 Å². The second-order valence-electron chi connectivity index (χ2n) is 5.46. The summed E-state index contributed by atoms with van der Waals surface area (Å²) in [5, 5.41) is 12.2. The second-order valence-corrected chi connectivity index (χ2v) is 5.46. The Hall–Kier alpha value is -2.14. The molecule has 1 N–H and O–H groups in total. The molecule has 0 atom stereocenters. The van der Waals surface area contributed by atoms with Crippen molar-refractivity contribution in [2.24, 2.45) is 5.09 Å². The molecule has 2 aromatic rings. The predicted octanol–water partition coefficient (Wildman–Crippen LogP) is 2.57. The zero-order valence-electron chi connectivity index (χ0n) is 11.3. The molecule has 2 aromatic carbocycles. The first-order valence-electron chi connectivity index (χ1n) is 6.46. The van der Waals surface area contributed by atoms with E-state index < -0.39 is 7.05 Å². The Labute approximate surface area is 117 Å². The minimum Gasteiger partial charge on any atom is -0.457 e. The maximum absolute atomic E-state index is 10.5. The Bertz CT molecular complexity index is 685. The van der Waals surface area contributed by atoms with Crippen molar-refractivity contribution in [2.45, 2.75) is 19.3 Å². The number of rotatable bonds is 2. The normalized spacial score (nSPS) is 14.8. The van der Waals surface area contributed by atoms with Crippen LogP contribution in [0.3, 0.4) is 0 Å². The van der Waals surface area contributed by atoms with Crippen LogP contribution in [0.15, 0.2) is 47.6 Å². The number of hydrogen-bond donors (Lipinski definition) is 1. The zero-order chi connectivity index (χ0) is 14.3. The van der Waals surface area contributed by atoms with E-state index in [4.69, 9.17) is 4.74 Å². The van der Waals surface area contributed by atoms with Gasteiger partial charge in [-0.15, -0.1) is 0 Å². The summed E-state index contributed by atoms with van der Waals surface area (Å²) in [6, 6.07) is 13.1. The average molecular weight is 267 g/mol. The molecule has 0 radical (unpaired) electrons. The van der Waals surface area contributed by atoms with E-state index in [0.717, 1.165) is 22.6 Å². The van der Waals surface area contributed by atoms with Gasteiger partial charge in [-0.25, -0.2) is 0 Å². The lowest BCUT2D eigenvalue weighted by atomic mass is 9.70. The van der Waals surface area contributed by atoms with E-state index in [9.17, 15) is 9.93 Å². The summed E-state index contributed by atoms with van der Waals surface area (Å²) in [6.07, 6.45) is 0. The van der Waals surface area contributed by atoms with Crippen LogP contribution in [0.25, 0.3) is 0 Å². The van der Waals surface area contributed by atoms with Crippen molar-refractivity contribution < 1.29 is 9.76 Å². The van der Waals surface area contributed by atoms with Crippen molar-refractivity contribution in [3.8, 4) is 11.5 Å². The fraction of sp³-hybridized carbons (Fsp3) is 0.200. The van der Waals surface area contributed by atoms with Crippen LogP contribution < -0.4 is 10.2 Å². The maximum Gasteiger partial charge on any atom is 0.517 e. The van der Waals surface area contributed by atoms with E-state index in [0.29, 0.717) is 5.46 Å². The highest BCUT2D eigenvalue weighted by atomic mass is 16.5. The smallest absolute Gasteiger partial charge is 0.457 e. The molecule has 20 heavy (non-hydrogen) atoms. The van der Waals surface area contributed by atoms with Crippen molar-refractivity contribution in [1.29, 1.82) is 0 Å². The van der Waals surface area contributed by atoms with E-state index in [1.165, 1.54) is 0 Å². The van der Waals surface area contributed by atoms with Gasteiger partial charge in [0.05, 0.1) is 0 Å². The number of nitroso groups, excluding NO2 is 1. The minimum absolute atomic E-state index is 0.261.